The second-order valence-corrected chi connectivity index (χ2v) is 8.82. The zero-order valence-corrected chi connectivity index (χ0v) is 18.1. The summed E-state index contributed by atoms with van der Waals surface area (Å²) in [7, 11) is -3.97. The largest absolute Gasteiger partial charge is 0.351 e. The van der Waals surface area contributed by atoms with Gasteiger partial charge in [-0.2, -0.15) is 0 Å². The number of carbonyl (C=O) groups is 1. The molecule has 0 radical (unpaired) electrons. The topological polar surface area (TPSA) is 78.5 Å². The molecular weight excluding hydrogens is 417 g/mol. The standard InChI is InChI=1S/C20H25ClFN3O3S/c1-4-25(14(2)3)12-11-23-20(26)18-13-17(9-10-19(18)21)29(27,28)24-16-7-5-15(22)6-8-16/h5-10,13-14,24H,4,11-12H2,1-3H3,(H,23,26). The predicted octanol–water partition coefficient (Wildman–Crippen LogP) is 3.74. The van der Waals surface area contributed by atoms with Crippen molar-refractivity contribution in [2.24, 2.45) is 0 Å². The molecule has 0 spiro atoms. The zero-order valence-electron chi connectivity index (χ0n) is 16.6. The molecule has 0 saturated carbocycles. The average molecular weight is 442 g/mol. The van der Waals surface area contributed by atoms with Crippen LogP contribution in [0.2, 0.25) is 5.02 Å². The van der Waals surface area contributed by atoms with Crippen molar-refractivity contribution in [2.75, 3.05) is 24.4 Å². The molecule has 2 aromatic carbocycles. The molecule has 2 rings (SSSR count). The molecule has 2 aromatic rings. The number of carbonyl (C=O) groups excluding carboxylic acids is 1. The van der Waals surface area contributed by atoms with Crippen LogP contribution in [0.1, 0.15) is 31.1 Å². The van der Waals surface area contributed by atoms with E-state index in [4.69, 9.17) is 11.6 Å². The first-order valence-corrected chi connectivity index (χ1v) is 11.1. The highest BCUT2D eigenvalue weighted by atomic mass is 35.5. The molecule has 0 aromatic heterocycles. The maximum Gasteiger partial charge on any atom is 0.261 e. The Hall–Kier alpha value is -2.16. The Balaban J connectivity index is 2.13. The quantitative estimate of drug-likeness (QED) is 0.621. The van der Waals surface area contributed by atoms with Crippen LogP contribution < -0.4 is 10.0 Å². The van der Waals surface area contributed by atoms with E-state index < -0.39 is 21.7 Å². The average Bonchev–Trinajstić information content (AvgIpc) is 2.66. The highest BCUT2D eigenvalue weighted by Crippen LogP contribution is 2.22. The van der Waals surface area contributed by atoms with E-state index in [2.05, 4.69) is 28.8 Å². The molecule has 0 saturated heterocycles. The van der Waals surface area contributed by atoms with Crippen molar-refractivity contribution in [1.29, 1.82) is 0 Å². The van der Waals surface area contributed by atoms with Gasteiger partial charge in [0.2, 0.25) is 0 Å². The lowest BCUT2D eigenvalue weighted by atomic mass is 10.2. The van der Waals surface area contributed by atoms with E-state index in [-0.39, 0.29) is 21.2 Å². The van der Waals surface area contributed by atoms with Crippen LogP contribution in [0.3, 0.4) is 0 Å². The van der Waals surface area contributed by atoms with Gasteiger partial charge in [0.25, 0.3) is 15.9 Å². The molecule has 0 aliphatic rings. The molecule has 9 heteroatoms. The minimum atomic E-state index is -3.97. The van der Waals surface area contributed by atoms with E-state index in [1.165, 1.54) is 30.3 Å². The molecule has 0 atom stereocenters. The number of hydrogen-bond acceptors (Lipinski definition) is 4. The van der Waals surface area contributed by atoms with Crippen molar-refractivity contribution >= 4 is 33.2 Å². The van der Waals surface area contributed by atoms with Crippen LogP contribution in [0.25, 0.3) is 0 Å². The zero-order chi connectivity index (χ0) is 21.6. The smallest absolute Gasteiger partial charge is 0.261 e. The highest BCUT2D eigenvalue weighted by molar-refractivity contribution is 7.92. The van der Waals surface area contributed by atoms with Gasteiger partial charge in [0, 0.05) is 24.8 Å². The fourth-order valence-electron chi connectivity index (χ4n) is 2.77. The molecule has 29 heavy (non-hydrogen) atoms. The number of halogens is 2. The van der Waals surface area contributed by atoms with E-state index >= 15 is 0 Å². The first-order chi connectivity index (χ1) is 13.6. The van der Waals surface area contributed by atoms with E-state index in [9.17, 15) is 17.6 Å². The maximum atomic E-state index is 13.0. The molecule has 158 valence electrons. The number of amides is 1. The van der Waals surface area contributed by atoms with Gasteiger partial charge in [-0.05, 0) is 62.9 Å². The normalized spacial score (nSPS) is 11.7. The maximum absolute atomic E-state index is 13.0. The summed E-state index contributed by atoms with van der Waals surface area (Å²) >= 11 is 6.11. The predicted molar refractivity (Wildman–Crippen MR) is 113 cm³/mol. The van der Waals surface area contributed by atoms with E-state index in [0.29, 0.717) is 19.1 Å². The van der Waals surface area contributed by atoms with Gasteiger partial charge in [0.1, 0.15) is 5.82 Å². The lowest BCUT2D eigenvalue weighted by molar-refractivity contribution is 0.0946. The minimum Gasteiger partial charge on any atom is -0.351 e. The molecule has 0 aliphatic heterocycles. The van der Waals surface area contributed by atoms with E-state index in [1.54, 1.807) is 0 Å². The summed E-state index contributed by atoms with van der Waals surface area (Å²) in [5, 5.41) is 2.92. The third kappa shape index (κ3) is 6.42. The van der Waals surface area contributed by atoms with Crippen LogP contribution in [0.5, 0.6) is 0 Å². The number of sulfonamides is 1. The Morgan fingerprint density at radius 1 is 1.17 bits per heavy atom. The summed E-state index contributed by atoms with van der Waals surface area (Å²) < 4.78 is 40.6. The summed E-state index contributed by atoms with van der Waals surface area (Å²) in [4.78, 5) is 14.6. The Kier molecular flexibility index (Phi) is 8.01. The molecule has 0 heterocycles. The third-order valence-electron chi connectivity index (χ3n) is 4.41. The molecule has 1 amide bonds. The molecule has 0 unspecified atom stereocenters. The second-order valence-electron chi connectivity index (χ2n) is 6.73. The molecule has 6 nitrogen and oxygen atoms in total. The van der Waals surface area contributed by atoms with Gasteiger partial charge < -0.3 is 5.32 Å². The van der Waals surface area contributed by atoms with E-state index in [1.807, 2.05) is 6.92 Å². The van der Waals surface area contributed by atoms with Crippen molar-refractivity contribution < 1.29 is 17.6 Å². The Morgan fingerprint density at radius 3 is 2.41 bits per heavy atom. The number of anilines is 1. The number of benzene rings is 2. The molecule has 0 aliphatic carbocycles. The van der Waals surface area contributed by atoms with Crippen LogP contribution in [0, 0.1) is 5.82 Å². The van der Waals surface area contributed by atoms with Crippen LogP contribution in [-0.2, 0) is 10.0 Å². The van der Waals surface area contributed by atoms with Gasteiger partial charge in [0.15, 0.2) is 0 Å². The van der Waals surface area contributed by atoms with Gasteiger partial charge in [-0.3, -0.25) is 14.4 Å². The summed E-state index contributed by atoms with van der Waals surface area (Å²) in [6.07, 6.45) is 0. The summed E-state index contributed by atoms with van der Waals surface area (Å²) in [6.45, 7) is 8.13. The van der Waals surface area contributed by atoms with Crippen LogP contribution in [0.15, 0.2) is 47.4 Å². The fraction of sp³-hybridized carbons (Fsp3) is 0.350. The van der Waals surface area contributed by atoms with Crippen molar-refractivity contribution in [3.8, 4) is 0 Å². The number of likely N-dealkylation sites (N-methyl/N-ethyl adjacent to an activating group) is 1. The second kappa shape index (κ2) is 10.0. The van der Waals surface area contributed by atoms with Crippen molar-refractivity contribution in [3.63, 3.8) is 0 Å². The molecule has 0 bridgehead atoms. The SMILES string of the molecule is CCN(CCNC(=O)c1cc(S(=O)(=O)Nc2ccc(F)cc2)ccc1Cl)C(C)C. The lowest BCUT2D eigenvalue weighted by Gasteiger charge is -2.24. The minimum absolute atomic E-state index is 0.0706. The van der Waals surface area contributed by atoms with Crippen molar-refractivity contribution in [1.82, 2.24) is 10.2 Å². The summed E-state index contributed by atoms with van der Waals surface area (Å²) in [5.74, 6) is -0.925. The van der Waals surface area contributed by atoms with E-state index in [0.717, 1.165) is 18.7 Å². The number of nitrogens with zero attached hydrogens (tertiary/aromatic N) is 1. The first kappa shape index (κ1) is 23.1. The fourth-order valence-corrected chi connectivity index (χ4v) is 4.06. The highest BCUT2D eigenvalue weighted by Gasteiger charge is 2.19. The van der Waals surface area contributed by atoms with Gasteiger partial charge in [-0.1, -0.05) is 18.5 Å². The number of nitrogens with one attached hydrogen (secondary N) is 2. The monoisotopic (exact) mass is 441 g/mol. The summed E-state index contributed by atoms with van der Waals surface area (Å²) in [6, 6.07) is 9.17. The molecule has 2 N–H and O–H groups in total. The number of hydrogen-bond donors (Lipinski definition) is 2. The summed E-state index contributed by atoms with van der Waals surface area (Å²) in [5.41, 5.74) is 0.280. The Morgan fingerprint density at radius 2 is 1.83 bits per heavy atom. The van der Waals surface area contributed by atoms with Crippen LogP contribution in [0.4, 0.5) is 10.1 Å². The van der Waals surface area contributed by atoms with Crippen LogP contribution in [-0.4, -0.2) is 44.9 Å². The van der Waals surface area contributed by atoms with Gasteiger partial charge in [-0.25, -0.2) is 12.8 Å². The van der Waals surface area contributed by atoms with Gasteiger partial charge in [-0.15, -0.1) is 0 Å². The van der Waals surface area contributed by atoms with Gasteiger partial charge >= 0.3 is 0 Å². The van der Waals surface area contributed by atoms with Crippen LogP contribution >= 0.6 is 11.6 Å². The lowest BCUT2D eigenvalue weighted by Crippen LogP contribution is -2.38. The Bertz CT molecular complexity index is 950. The van der Waals surface area contributed by atoms with Crippen molar-refractivity contribution in [2.45, 2.75) is 31.7 Å². The van der Waals surface area contributed by atoms with Gasteiger partial charge in [0.05, 0.1) is 15.5 Å². The third-order valence-corrected chi connectivity index (χ3v) is 6.12. The first-order valence-electron chi connectivity index (χ1n) is 9.24. The molecule has 0 fully saturated rings. The van der Waals surface area contributed by atoms with Crippen molar-refractivity contribution in [3.05, 3.63) is 58.9 Å². The number of rotatable bonds is 9. The molecular formula is C20H25ClFN3O3S. The Labute approximate surface area is 176 Å².